The number of carbonyl (C=O) groups excluding carboxylic acids is 1. The Labute approximate surface area is 260 Å². The third-order valence-electron chi connectivity index (χ3n) is 8.59. The van der Waals surface area contributed by atoms with E-state index in [1.54, 1.807) is 24.9 Å². The van der Waals surface area contributed by atoms with E-state index in [4.69, 9.17) is 25.0 Å². The Bertz CT molecular complexity index is 1890. The van der Waals surface area contributed by atoms with Crippen molar-refractivity contribution in [3.05, 3.63) is 83.2 Å². The molecule has 1 saturated carbocycles. The Hall–Kier alpha value is -4.57. The zero-order valence-electron chi connectivity index (χ0n) is 25.6. The summed E-state index contributed by atoms with van der Waals surface area (Å²) in [5, 5.41) is 7.50. The first-order valence-electron chi connectivity index (χ1n) is 15.1. The monoisotopic (exact) mass is 614 g/mol. The molecule has 0 radical (unpaired) electrons. The summed E-state index contributed by atoms with van der Waals surface area (Å²) in [7, 11) is 1.62. The van der Waals surface area contributed by atoms with Gasteiger partial charge in [0.25, 0.3) is 0 Å². The van der Waals surface area contributed by atoms with Gasteiger partial charge in [0.2, 0.25) is 5.92 Å². The second kappa shape index (κ2) is 12.4. The van der Waals surface area contributed by atoms with Crippen LogP contribution in [0.15, 0.2) is 60.8 Å². The molecule has 2 heterocycles. The molecule has 1 aliphatic carbocycles. The third kappa shape index (κ3) is 6.20. The number of benzene rings is 3. The van der Waals surface area contributed by atoms with Gasteiger partial charge in [-0.1, -0.05) is 24.3 Å². The van der Waals surface area contributed by atoms with Gasteiger partial charge in [-0.25, -0.2) is 13.8 Å². The molecule has 1 atom stereocenters. The van der Waals surface area contributed by atoms with Crippen molar-refractivity contribution in [2.75, 3.05) is 19.5 Å². The van der Waals surface area contributed by atoms with Crippen molar-refractivity contribution >= 4 is 33.5 Å². The number of anilines is 1. The molecule has 234 valence electrons. The second-order valence-electron chi connectivity index (χ2n) is 11.5. The van der Waals surface area contributed by atoms with Crippen LogP contribution in [-0.4, -0.2) is 40.4 Å². The average Bonchev–Trinajstić information content (AvgIpc) is 3.57. The fourth-order valence-electron chi connectivity index (χ4n) is 6.22. The van der Waals surface area contributed by atoms with Gasteiger partial charge in [-0.3, -0.25) is 9.48 Å². The molecule has 0 amide bonds. The lowest BCUT2D eigenvalue weighted by molar-refractivity contribution is -0.142. The van der Waals surface area contributed by atoms with Gasteiger partial charge >= 0.3 is 5.97 Å². The van der Waals surface area contributed by atoms with E-state index in [2.05, 4.69) is 4.98 Å². The minimum absolute atomic E-state index is 0.0446. The molecular formula is C35H36F2N4O4. The van der Waals surface area contributed by atoms with Crippen LogP contribution in [0.2, 0.25) is 0 Å². The van der Waals surface area contributed by atoms with E-state index >= 15 is 0 Å². The maximum Gasteiger partial charge on any atom is 0.310 e. The van der Waals surface area contributed by atoms with Crippen LogP contribution in [0.25, 0.3) is 32.8 Å². The number of hydrogen-bond donors (Lipinski definition) is 1. The molecule has 8 nitrogen and oxygen atoms in total. The molecule has 0 bridgehead atoms. The quantitative estimate of drug-likeness (QED) is 0.164. The maximum atomic E-state index is 14.3. The average molecular weight is 615 g/mol. The Morgan fingerprint density at radius 1 is 1.07 bits per heavy atom. The fraction of sp³-hybridized carbons (Fsp3) is 0.343. The summed E-state index contributed by atoms with van der Waals surface area (Å²) >= 11 is 0. The van der Waals surface area contributed by atoms with Crippen LogP contribution in [0.1, 0.15) is 54.6 Å². The summed E-state index contributed by atoms with van der Waals surface area (Å²) in [5.74, 6) is -2.09. The SMILES string of the molecule is CCOC(=O)Cc1c(OCc2nn(C3CCC(F)(F)C3)c3ccc(-c4ccc5ccnc(N)c5c4)cc23)ccc(COC)c1C. The Kier molecular flexibility index (Phi) is 8.42. The highest BCUT2D eigenvalue weighted by Crippen LogP contribution is 2.43. The molecule has 0 aliphatic heterocycles. The normalized spacial score (nSPS) is 16.0. The molecule has 1 fully saturated rings. The van der Waals surface area contributed by atoms with E-state index in [1.807, 2.05) is 61.5 Å². The zero-order chi connectivity index (χ0) is 31.7. The van der Waals surface area contributed by atoms with Crippen LogP contribution >= 0.6 is 0 Å². The Morgan fingerprint density at radius 3 is 2.58 bits per heavy atom. The van der Waals surface area contributed by atoms with Crippen LogP contribution in [0.5, 0.6) is 5.75 Å². The van der Waals surface area contributed by atoms with Crippen molar-refractivity contribution in [3.63, 3.8) is 0 Å². The smallest absolute Gasteiger partial charge is 0.310 e. The van der Waals surface area contributed by atoms with Gasteiger partial charge in [-0.2, -0.15) is 5.10 Å². The van der Waals surface area contributed by atoms with Crippen LogP contribution in [0.4, 0.5) is 14.6 Å². The predicted octanol–water partition coefficient (Wildman–Crippen LogP) is 7.33. The predicted molar refractivity (Wildman–Crippen MR) is 169 cm³/mol. The van der Waals surface area contributed by atoms with Crippen LogP contribution < -0.4 is 10.5 Å². The molecule has 6 rings (SSSR count). The Balaban J connectivity index is 1.40. The largest absolute Gasteiger partial charge is 0.487 e. The number of nitrogens with zero attached hydrogens (tertiary/aromatic N) is 3. The number of nitrogens with two attached hydrogens (primary N) is 1. The van der Waals surface area contributed by atoms with E-state index in [1.165, 1.54) is 0 Å². The molecule has 2 aromatic heterocycles. The van der Waals surface area contributed by atoms with E-state index in [-0.39, 0.29) is 38.4 Å². The summed E-state index contributed by atoms with van der Waals surface area (Å²) in [6.07, 6.45) is 1.64. The number of nitrogen functional groups attached to an aromatic ring is 1. The highest BCUT2D eigenvalue weighted by molar-refractivity contribution is 5.95. The van der Waals surface area contributed by atoms with Gasteiger partial charge < -0.3 is 19.9 Å². The number of halogens is 2. The first kappa shape index (κ1) is 30.5. The molecular weight excluding hydrogens is 578 g/mol. The molecule has 45 heavy (non-hydrogen) atoms. The lowest BCUT2D eigenvalue weighted by Gasteiger charge is -2.16. The molecule has 1 unspecified atom stereocenters. The first-order valence-corrected chi connectivity index (χ1v) is 15.1. The lowest BCUT2D eigenvalue weighted by atomic mass is 9.99. The van der Waals surface area contributed by atoms with Crippen molar-refractivity contribution in [2.45, 2.75) is 64.7 Å². The number of alkyl halides is 2. The van der Waals surface area contributed by atoms with Gasteiger partial charge in [-0.05, 0) is 78.2 Å². The van der Waals surface area contributed by atoms with E-state index in [0.29, 0.717) is 35.9 Å². The summed E-state index contributed by atoms with van der Waals surface area (Å²) < 4.78 is 47.3. The van der Waals surface area contributed by atoms with Crippen molar-refractivity contribution in [1.82, 2.24) is 14.8 Å². The highest BCUT2D eigenvalue weighted by Gasteiger charge is 2.41. The fourth-order valence-corrected chi connectivity index (χ4v) is 6.22. The van der Waals surface area contributed by atoms with Crippen molar-refractivity contribution in [2.24, 2.45) is 0 Å². The maximum absolute atomic E-state index is 14.3. The van der Waals surface area contributed by atoms with Gasteiger partial charge in [0.15, 0.2) is 0 Å². The number of carbonyl (C=O) groups is 1. The molecule has 2 N–H and O–H groups in total. The molecule has 0 spiro atoms. The number of rotatable bonds is 10. The zero-order valence-corrected chi connectivity index (χ0v) is 25.6. The van der Waals surface area contributed by atoms with Gasteiger partial charge in [0.1, 0.15) is 23.9 Å². The summed E-state index contributed by atoms with van der Waals surface area (Å²) in [5.41, 5.74) is 12.0. The minimum Gasteiger partial charge on any atom is -0.487 e. The number of hydrogen-bond acceptors (Lipinski definition) is 7. The number of aromatic nitrogens is 3. The number of ether oxygens (including phenoxy) is 3. The topological polar surface area (TPSA) is 101 Å². The van der Waals surface area contributed by atoms with Gasteiger partial charge in [-0.15, -0.1) is 0 Å². The van der Waals surface area contributed by atoms with E-state index in [9.17, 15) is 13.6 Å². The van der Waals surface area contributed by atoms with Crippen molar-refractivity contribution < 1.29 is 27.8 Å². The molecule has 3 aromatic carbocycles. The van der Waals surface area contributed by atoms with Gasteiger partial charge in [0, 0.05) is 42.5 Å². The Morgan fingerprint density at radius 2 is 1.84 bits per heavy atom. The standard InChI is InChI=1S/C35H36F2N4O4/c1-4-44-33(42)17-27-21(2)25(19-43-3)8-10-32(27)45-20-30-29-16-24(23-6-5-22-12-14-39-34(38)28(22)15-23)7-9-31(29)41(40-30)26-11-13-35(36,37)18-26/h5-10,12,14-16,26H,4,11,13,17-20H2,1-3H3,(H2,38,39). The number of esters is 1. The molecule has 10 heteroatoms. The molecule has 0 saturated heterocycles. The van der Waals surface area contributed by atoms with Crippen molar-refractivity contribution in [1.29, 1.82) is 0 Å². The van der Waals surface area contributed by atoms with Crippen LogP contribution in [0.3, 0.4) is 0 Å². The highest BCUT2D eigenvalue weighted by atomic mass is 19.3. The first-order chi connectivity index (χ1) is 21.7. The lowest BCUT2D eigenvalue weighted by Crippen LogP contribution is -2.13. The third-order valence-corrected chi connectivity index (χ3v) is 8.59. The van der Waals surface area contributed by atoms with Crippen LogP contribution in [-0.2, 0) is 33.9 Å². The number of methoxy groups -OCH3 is 1. The summed E-state index contributed by atoms with van der Waals surface area (Å²) in [4.78, 5) is 16.7. The van der Waals surface area contributed by atoms with E-state index < -0.39 is 12.0 Å². The molecule has 5 aromatic rings. The van der Waals surface area contributed by atoms with Crippen molar-refractivity contribution in [3.8, 4) is 16.9 Å². The molecule has 1 aliphatic rings. The summed E-state index contributed by atoms with van der Waals surface area (Å²) in [6, 6.07) is 17.2. The van der Waals surface area contributed by atoms with E-state index in [0.717, 1.165) is 43.9 Å². The number of fused-ring (bicyclic) bond motifs is 2. The second-order valence-corrected chi connectivity index (χ2v) is 11.5. The minimum atomic E-state index is -2.72. The van der Waals surface area contributed by atoms with Crippen LogP contribution in [0, 0.1) is 6.92 Å². The van der Waals surface area contributed by atoms with Gasteiger partial charge in [0.05, 0.1) is 31.2 Å². The number of pyridine rings is 1. The summed E-state index contributed by atoms with van der Waals surface area (Å²) in [6.45, 7) is 4.44.